The molecular formula is C18H22ClN3O. The molecule has 0 saturated carbocycles. The molecule has 0 fully saturated rings. The fourth-order valence-electron chi connectivity index (χ4n) is 2.39. The highest BCUT2D eigenvalue weighted by Gasteiger charge is 2.18. The Morgan fingerprint density at radius 2 is 2.26 bits per heavy atom. The van der Waals surface area contributed by atoms with Crippen molar-refractivity contribution in [1.82, 2.24) is 14.5 Å². The van der Waals surface area contributed by atoms with Gasteiger partial charge in [-0.3, -0.25) is 4.79 Å². The number of hydrogen-bond donors (Lipinski definition) is 0. The van der Waals surface area contributed by atoms with Crippen molar-refractivity contribution in [2.75, 3.05) is 6.54 Å². The van der Waals surface area contributed by atoms with Gasteiger partial charge in [0, 0.05) is 36.4 Å². The first-order chi connectivity index (χ1) is 11.0. The molecule has 2 rings (SSSR count). The third kappa shape index (κ3) is 4.70. The zero-order chi connectivity index (χ0) is 16.8. The SMILES string of the molecule is C=CCN(Cc1nccn1Cc1cccc(Cl)c1)C(=O)C(C)C. The van der Waals surface area contributed by atoms with Gasteiger partial charge in [-0.25, -0.2) is 4.98 Å². The average Bonchev–Trinajstić information content (AvgIpc) is 2.93. The Bertz CT molecular complexity index is 678. The van der Waals surface area contributed by atoms with E-state index in [1.165, 1.54) is 0 Å². The van der Waals surface area contributed by atoms with Gasteiger partial charge in [-0.05, 0) is 17.7 Å². The van der Waals surface area contributed by atoms with Crippen LogP contribution in [-0.2, 0) is 17.9 Å². The maximum Gasteiger partial charge on any atom is 0.225 e. The van der Waals surface area contributed by atoms with Gasteiger partial charge < -0.3 is 9.47 Å². The first-order valence-corrected chi connectivity index (χ1v) is 8.03. The van der Waals surface area contributed by atoms with E-state index in [0.717, 1.165) is 11.4 Å². The number of hydrogen-bond acceptors (Lipinski definition) is 2. The molecule has 5 heteroatoms. The molecule has 1 amide bonds. The van der Waals surface area contributed by atoms with Gasteiger partial charge in [-0.1, -0.05) is 43.7 Å². The van der Waals surface area contributed by atoms with Crippen molar-refractivity contribution in [3.8, 4) is 0 Å². The van der Waals surface area contributed by atoms with Gasteiger partial charge in [-0.15, -0.1) is 6.58 Å². The maximum atomic E-state index is 12.3. The van der Waals surface area contributed by atoms with E-state index in [1.54, 1.807) is 17.2 Å². The number of carbonyl (C=O) groups excluding carboxylic acids is 1. The van der Waals surface area contributed by atoms with Crippen LogP contribution < -0.4 is 0 Å². The van der Waals surface area contributed by atoms with Crippen LogP contribution in [0.15, 0.2) is 49.3 Å². The Morgan fingerprint density at radius 3 is 2.91 bits per heavy atom. The monoisotopic (exact) mass is 331 g/mol. The van der Waals surface area contributed by atoms with Crippen LogP contribution in [0.25, 0.3) is 0 Å². The van der Waals surface area contributed by atoms with Gasteiger partial charge in [0.05, 0.1) is 6.54 Å². The highest BCUT2D eigenvalue weighted by atomic mass is 35.5. The normalized spacial score (nSPS) is 10.8. The van der Waals surface area contributed by atoms with Crippen LogP contribution in [-0.4, -0.2) is 26.9 Å². The summed E-state index contributed by atoms with van der Waals surface area (Å²) in [6.45, 7) is 9.19. The third-order valence-corrected chi connectivity index (χ3v) is 3.77. The lowest BCUT2D eigenvalue weighted by molar-refractivity contribution is -0.134. The van der Waals surface area contributed by atoms with Crippen molar-refractivity contribution < 1.29 is 4.79 Å². The molecule has 2 aromatic rings. The first kappa shape index (κ1) is 17.3. The largest absolute Gasteiger partial charge is 0.331 e. The van der Waals surface area contributed by atoms with E-state index in [2.05, 4.69) is 11.6 Å². The van der Waals surface area contributed by atoms with Gasteiger partial charge in [-0.2, -0.15) is 0 Å². The Balaban J connectivity index is 2.16. The number of nitrogens with zero attached hydrogens (tertiary/aromatic N) is 3. The zero-order valence-corrected chi connectivity index (χ0v) is 14.3. The predicted molar refractivity (Wildman–Crippen MR) is 93.2 cm³/mol. The van der Waals surface area contributed by atoms with Gasteiger partial charge in [0.15, 0.2) is 0 Å². The molecule has 1 heterocycles. The summed E-state index contributed by atoms with van der Waals surface area (Å²) in [5.41, 5.74) is 1.10. The summed E-state index contributed by atoms with van der Waals surface area (Å²) in [7, 11) is 0. The number of carbonyl (C=O) groups is 1. The number of amides is 1. The molecular weight excluding hydrogens is 310 g/mol. The number of imidazole rings is 1. The standard InChI is InChI=1S/C18H22ClN3O/c1-4-9-22(18(23)14(2)3)13-17-20-8-10-21(17)12-15-6-5-7-16(19)11-15/h4-8,10-11,14H,1,9,12-13H2,2-3H3. The van der Waals surface area contributed by atoms with E-state index < -0.39 is 0 Å². The molecule has 4 nitrogen and oxygen atoms in total. The predicted octanol–water partition coefficient (Wildman–Crippen LogP) is 3.76. The summed E-state index contributed by atoms with van der Waals surface area (Å²) in [4.78, 5) is 18.5. The molecule has 0 spiro atoms. The fraction of sp³-hybridized carbons (Fsp3) is 0.333. The van der Waals surface area contributed by atoms with Gasteiger partial charge in [0.1, 0.15) is 5.82 Å². The summed E-state index contributed by atoms with van der Waals surface area (Å²) < 4.78 is 2.04. The molecule has 0 saturated heterocycles. The Hall–Kier alpha value is -2.07. The second-order valence-corrected chi connectivity index (χ2v) is 6.20. The molecule has 23 heavy (non-hydrogen) atoms. The highest BCUT2D eigenvalue weighted by Crippen LogP contribution is 2.14. The topological polar surface area (TPSA) is 38.1 Å². The summed E-state index contributed by atoms with van der Waals surface area (Å²) >= 11 is 6.04. The molecule has 0 unspecified atom stereocenters. The van der Waals surface area contributed by atoms with Crippen LogP contribution in [0.3, 0.4) is 0 Å². The minimum atomic E-state index is -0.0497. The average molecular weight is 332 g/mol. The smallest absolute Gasteiger partial charge is 0.225 e. The van der Waals surface area contributed by atoms with Crippen LogP contribution in [0.2, 0.25) is 5.02 Å². The highest BCUT2D eigenvalue weighted by molar-refractivity contribution is 6.30. The van der Waals surface area contributed by atoms with Crippen molar-refractivity contribution >= 4 is 17.5 Å². The second kappa shape index (κ2) is 7.97. The van der Waals surface area contributed by atoms with Gasteiger partial charge >= 0.3 is 0 Å². The quantitative estimate of drug-likeness (QED) is 0.725. The summed E-state index contributed by atoms with van der Waals surface area (Å²) in [6, 6.07) is 7.75. The molecule has 0 aliphatic rings. The lowest BCUT2D eigenvalue weighted by Gasteiger charge is -2.23. The molecule has 0 aliphatic carbocycles. The first-order valence-electron chi connectivity index (χ1n) is 7.65. The van der Waals surface area contributed by atoms with E-state index >= 15 is 0 Å². The Morgan fingerprint density at radius 1 is 1.48 bits per heavy atom. The van der Waals surface area contributed by atoms with E-state index in [4.69, 9.17) is 11.6 Å². The Labute approximate surface area is 142 Å². The minimum absolute atomic E-state index is 0.0497. The zero-order valence-electron chi connectivity index (χ0n) is 13.6. The molecule has 0 atom stereocenters. The molecule has 1 aromatic carbocycles. The van der Waals surface area contributed by atoms with Crippen molar-refractivity contribution in [3.63, 3.8) is 0 Å². The van der Waals surface area contributed by atoms with Crippen LogP contribution in [0.5, 0.6) is 0 Å². The molecule has 122 valence electrons. The van der Waals surface area contributed by atoms with Gasteiger partial charge in [0.2, 0.25) is 5.91 Å². The van der Waals surface area contributed by atoms with Crippen LogP contribution in [0.4, 0.5) is 0 Å². The van der Waals surface area contributed by atoms with Crippen LogP contribution in [0, 0.1) is 5.92 Å². The van der Waals surface area contributed by atoms with E-state index in [9.17, 15) is 4.79 Å². The van der Waals surface area contributed by atoms with Gasteiger partial charge in [0.25, 0.3) is 0 Å². The van der Waals surface area contributed by atoms with Crippen molar-refractivity contribution in [1.29, 1.82) is 0 Å². The third-order valence-electron chi connectivity index (χ3n) is 3.53. The second-order valence-electron chi connectivity index (χ2n) is 5.76. The molecule has 0 aliphatic heterocycles. The van der Waals surface area contributed by atoms with E-state index in [1.807, 2.05) is 48.9 Å². The van der Waals surface area contributed by atoms with Crippen molar-refractivity contribution in [2.24, 2.45) is 5.92 Å². The van der Waals surface area contributed by atoms with Crippen LogP contribution in [0.1, 0.15) is 25.2 Å². The molecule has 0 bridgehead atoms. The Kier molecular flexibility index (Phi) is 5.99. The summed E-state index contributed by atoms with van der Waals surface area (Å²) in [5, 5.41) is 0.715. The van der Waals surface area contributed by atoms with Crippen molar-refractivity contribution in [2.45, 2.75) is 26.9 Å². The molecule has 1 aromatic heterocycles. The van der Waals surface area contributed by atoms with Crippen LogP contribution >= 0.6 is 11.6 Å². The van der Waals surface area contributed by atoms with Crippen molar-refractivity contribution in [3.05, 3.63) is 65.7 Å². The number of aromatic nitrogens is 2. The lowest BCUT2D eigenvalue weighted by Crippen LogP contribution is -2.34. The number of halogens is 1. The maximum absolute atomic E-state index is 12.3. The van der Waals surface area contributed by atoms with E-state index in [0.29, 0.717) is 24.7 Å². The fourth-order valence-corrected chi connectivity index (χ4v) is 2.60. The minimum Gasteiger partial charge on any atom is -0.331 e. The number of rotatable bonds is 7. The number of benzene rings is 1. The lowest BCUT2D eigenvalue weighted by atomic mass is 10.2. The molecule has 0 N–H and O–H groups in total. The summed E-state index contributed by atoms with van der Waals surface area (Å²) in [6.07, 6.45) is 5.42. The molecule has 0 radical (unpaired) electrons. The summed E-state index contributed by atoms with van der Waals surface area (Å²) in [5.74, 6) is 0.898. The van der Waals surface area contributed by atoms with E-state index in [-0.39, 0.29) is 11.8 Å².